The van der Waals surface area contributed by atoms with Gasteiger partial charge in [0.1, 0.15) is 12.7 Å². The molecule has 1 atom stereocenters. The van der Waals surface area contributed by atoms with E-state index >= 15 is 0 Å². The van der Waals surface area contributed by atoms with Crippen molar-refractivity contribution in [2.45, 2.75) is 77.2 Å². The summed E-state index contributed by atoms with van der Waals surface area (Å²) in [7, 11) is 0. The van der Waals surface area contributed by atoms with Gasteiger partial charge in [-0.1, -0.05) is 64.7 Å². The van der Waals surface area contributed by atoms with E-state index in [0.717, 1.165) is 19.3 Å². The molecule has 7 nitrogen and oxygen atoms in total. The molecule has 26 heavy (non-hydrogen) atoms. The first-order valence-corrected chi connectivity index (χ1v) is 8.90. The first kappa shape index (κ1) is 31.4. The number of hydrogen-bond acceptors (Lipinski definition) is 7. The third kappa shape index (κ3) is 22.7. The summed E-state index contributed by atoms with van der Waals surface area (Å²) < 4.78 is 13.4. The van der Waals surface area contributed by atoms with Crippen LogP contribution in [-0.2, 0) is 14.2 Å². The fraction of sp³-hybridized carbons (Fsp3) is 0.882. The second kappa shape index (κ2) is 23.7. The van der Waals surface area contributed by atoms with Crippen LogP contribution in [0.3, 0.4) is 0 Å². The Balaban J connectivity index is -0.00000264. The van der Waals surface area contributed by atoms with Crippen LogP contribution in [0.5, 0.6) is 0 Å². The third-order valence-electron chi connectivity index (χ3n) is 3.49. The van der Waals surface area contributed by atoms with Gasteiger partial charge in [0.15, 0.2) is 0 Å². The predicted molar refractivity (Wildman–Crippen MR) is 103 cm³/mol. The van der Waals surface area contributed by atoms with Gasteiger partial charge >= 0.3 is 71.4 Å². The number of carbonyl (C=O) groups is 2. The van der Waals surface area contributed by atoms with E-state index < -0.39 is 31.6 Å². The Labute approximate surface area is 201 Å². The van der Waals surface area contributed by atoms with Gasteiger partial charge < -0.3 is 24.4 Å². The molecule has 0 saturated carbocycles. The Bertz CT molecular complexity index is 330. The molecule has 1 unspecified atom stereocenters. The predicted octanol–water partition coefficient (Wildman–Crippen LogP) is 2.25. The molecule has 0 bridgehead atoms. The summed E-state index contributed by atoms with van der Waals surface area (Å²) in [5.41, 5.74) is 0. The summed E-state index contributed by atoms with van der Waals surface area (Å²) >= 11 is 0. The van der Waals surface area contributed by atoms with E-state index in [4.69, 9.17) is 14.9 Å². The molecule has 0 heterocycles. The quantitative estimate of drug-likeness (QED) is 0.201. The van der Waals surface area contributed by atoms with Gasteiger partial charge in [0.05, 0.1) is 13.2 Å². The Morgan fingerprint density at radius 3 is 1.77 bits per heavy atom. The van der Waals surface area contributed by atoms with Crippen molar-refractivity contribution in [3.05, 3.63) is 0 Å². The van der Waals surface area contributed by atoms with Crippen molar-refractivity contribution < 1.29 is 34.0 Å². The molecule has 0 aromatic carbocycles. The average molecular weight is 396 g/mol. The van der Waals surface area contributed by atoms with E-state index in [-0.39, 0.29) is 65.7 Å². The van der Waals surface area contributed by atoms with Crippen LogP contribution in [-0.4, -0.2) is 108 Å². The Hall–Kier alpha value is 0.660. The number of ether oxygens (including phenoxy) is 3. The zero-order valence-corrected chi connectivity index (χ0v) is 14.7. The van der Waals surface area contributed by atoms with Crippen LogP contribution < -0.4 is 0 Å². The van der Waals surface area contributed by atoms with Crippen molar-refractivity contribution in [1.82, 2.24) is 0 Å². The van der Waals surface area contributed by atoms with Crippen molar-refractivity contribution in [3.63, 3.8) is 0 Å². The van der Waals surface area contributed by atoms with Gasteiger partial charge in [-0.25, -0.2) is 9.59 Å². The first-order chi connectivity index (χ1) is 11.6. The summed E-state index contributed by atoms with van der Waals surface area (Å²) in [5.74, 6) is 0. The normalized spacial score (nSPS) is 10.9. The van der Waals surface area contributed by atoms with Gasteiger partial charge in [-0.2, -0.15) is 0 Å². The molecule has 0 fully saturated rings. The molecule has 0 saturated heterocycles. The van der Waals surface area contributed by atoms with Crippen LogP contribution in [0.15, 0.2) is 0 Å². The van der Waals surface area contributed by atoms with Crippen molar-refractivity contribution in [2.24, 2.45) is 0 Å². The van der Waals surface area contributed by atoms with Gasteiger partial charge in [0.25, 0.3) is 0 Å². The fourth-order valence-corrected chi connectivity index (χ4v) is 2.09. The Morgan fingerprint density at radius 2 is 1.27 bits per heavy atom. The van der Waals surface area contributed by atoms with Crippen LogP contribution in [0.1, 0.15) is 71.1 Å². The number of hydrogen-bond donors (Lipinski definition) is 2. The molecule has 0 aliphatic carbocycles. The van der Waals surface area contributed by atoms with Crippen LogP contribution in [0.25, 0.3) is 0 Å². The number of carbonyl (C=O) groups excluding carboxylic acids is 2. The Kier molecular flexibility index (Phi) is 28.6. The molecule has 0 spiro atoms. The minimum atomic E-state index is -1.25. The standard InChI is InChI=1S/C17H32O7.2Na.2H/c1-2-3-4-5-6-7-8-9-10-11-12-22-16(20)24-17(21)23-14-15(19)13-18;;;;/h15,18-19H,2-14H2,1H3;;;;. The van der Waals surface area contributed by atoms with Crippen LogP contribution in [0.4, 0.5) is 9.59 Å². The maximum absolute atomic E-state index is 11.2. The second-order valence-electron chi connectivity index (χ2n) is 5.78. The van der Waals surface area contributed by atoms with Crippen molar-refractivity contribution in [1.29, 1.82) is 0 Å². The van der Waals surface area contributed by atoms with Crippen molar-refractivity contribution in [3.8, 4) is 0 Å². The molecule has 0 radical (unpaired) electrons. The number of aliphatic hydroxyl groups is 2. The molecule has 2 N–H and O–H groups in total. The monoisotopic (exact) mass is 396 g/mol. The molecule has 0 aromatic rings. The van der Waals surface area contributed by atoms with Gasteiger partial charge in [-0.3, -0.25) is 0 Å². The summed E-state index contributed by atoms with van der Waals surface area (Å²) in [6.45, 7) is 1.42. The third-order valence-corrected chi connectivity index (χ3v) is 3.49. The topological polar surface area (TPSA) is 102 Å². The van der Waals surface area contributed by atoms with Crippen LogP contribution in [0.2, 0.25) is 0 Å². The van der Waals surface area contributed by atoms with E-state index in [2.05, 4.69) is 16.4 Å². The molecule has 146 valence electrons. The first-order valence-electron chi connectivity index (χ1n) is 8.90. The molecule has 0 aliphatic heterocycles. The molecule has 0 amide bonds. The number of unbranched alkanes of at least 4 members (excludes halogenated alkanes) is 9. The van der Waals surface area contributed by atoms with Gasteiger partial charge in [0.2, 0.25) is 0 Å². The SMILES string of the molecule is CCCCCCCCCCCCOC(=O)OC(=O)OCC(O)CO.[NaH].[NaH]. The van der Waals surface area contributed by atoms with Crippen LogP contribution in [0, 0.1) is 0 Å². The van der Waals surface area contributed by atoms with Crippen molar-refractivity contribution in [2.75, 3.05) is 19.8 Å². The molecular formula is C17H34Na2O7. The maximum atomic E-state index is 11.2. The number of rotatable bonds is 14. The summed E-state index contributed by atoms with van der Waals surface area (Å²) in [6.07, 6.45) is 8.19. The fourth-order valence-electron chi connectivity index (χ4n) is 2.09. The molecule has 0 rings (SSSR count). The second-order valence-corrected chi connectivity index (χ2v) is 5.78. The van der Waals surface area contributed by atoms with E-state index in [1.807, 2.05) is 0 Å². The molecular weight excluding hydrogens is 362 g/mol. The van der Waals surface area contributed by atoms with E-state index in [9.17, 15) is 9.59 Å². The Morgan fingerprint density at radius 1 is 0.808 bits per heavy atom. The van der Waals surface area contributed by atoms with E-state index in [0.29, 0.717) is 0 Å². The average Bonchev–Trinajstić information content (AvgIpc) is 2.57. The molecule has 0 aliphatic rings. The van der Waals surface area contributed by atoms with E-state index in [1.54, 1.807) is 0 Å². The van der Waals surface area contributed by atoms with Gasteiger partial charge in [-0.15, -0.1) is 0 Å². The van der Waals surface area contributed by atoms with Gasteiger partial charge in [0, 0.05) is 0 Å². The zero-order chi connectivity index (χ0) is 18.0. The summed E-state index contributed by atoms with van der Waals surface area (Å²) in [6, 6.07) is 0. The minimum absolute atomic E-state index is 0. The summed E-state index contributed by atoms with van der Waals surface area (Å²) in [4.78, 5) is 22.2. The van der Waals surface area contributed by atoms with E-state index in [1.165, 1.54) is 44.9 Å². The zero-order valence-electron chi connectivity index (χ0n) is 14.7. The van der Waals surface area contributed by atoms with Crippen molar-refractivity contribution >= 4 is 71.4 Å². The summed E-state index contributed by atoms with van der Waals surface area (Å²) in [5, 5.41) is 17.5. The van der Waals surface area contributed by atoms with Gasteiger partial charge in [-0.05, 0) is 6.42 Å². The molecule has 0 aromatic heterocycles. The van der Waals surface area contributed by atoms with Crippen LogP contribution >= 0.6 is 0 Å². The molecule has 9 heteroatoms. The number of aliphatic hydroxyl groups excluding tert-OH is 2.